The maximum atomic E-state index is 11.4. The third-order valence-electron chi connectivity index (χ3n) is 2.89. The number of carbonyl (C=O) groups is 1. The quantitative estimate of drug-likeness (QED) is 0.697. The Labute approximate surface area is 127 Å². The highest BCUT2D eigenvalue weighted by molar-refractivity contribution is 9.10. The third-order valence-corrected chi connectivity index (χ3v) is 3.55. The summed E-state index contributed by atoms with van der Waals surface area (Å²) in [5.41, 5.74) is 0.973. The van der Waals surface area contributed by atoms with Gasteiger partial charge in [0.2, 0.25) is 0 Å². The van der Waals surface area contributed by atoms with Crippen molar-refractivity contribution in [3.8, 4) is 0 Å². The van der Waals surface area contributed by atoms with Crippen molar-refractivity contribution in [1.82, 2.24) is 0 Å². The zero-order valence-corrected chi connectivity index (χ0v) is 13.4. The Balaban J connectivity index is 2.99. The monoisotopic (exact) mass is 345 g/mol. The van der Waals surface area contributed by atoms with Crippen LogP contribution >= 0.6 is 15.9 Å². The fourth-order valence-corrected chi connectivity index (χ4v) is 2.47. The molecule has 0 aromatic heterocycles. The Morgan fingerprint density at radius 2 is 1.95 bits per heavy atom. The van der Waals surface area contributed by atoms with E-state index in [9.17, 15) is 9.90 Å². The Kier molecular flexibility index (Phi) is 7.58. The van der Waals surface area contributed by atoms with Crippen LogP contribution in [-0.2, 0) is 9.47 Å². The smallest absolute Gasteiger partial charge is 0.338 e. The maximum absolute atomic E-state index is 11.4. The van der Waals surface area contributed by atoms with Gasteiger partial charge in [-0.3, -0.25) is 0 Å². The summed E-state index contributed by atoms with van der Waals surface area (Å²) in [5.74, 6) is -0.943. The number of aromatic carboxylic acids is 1. The van der Waals surface area contributed by atoms with Gasteiger partial charge in [-0.15, -0.1) is 0 Å². The lowest BCUT2D eigenvalue weighted by molar-refractivity contribution is 0.0696. The number of nitrogens with zero attached hydrogens (tertiary/aromatic N) is 1. The van der Waals surface area contributed by atoms with Gasteiger partial charge in [-0.25, -0.2) is 4.79 Å². The number of hydrogen-bond donors (Lipinski definition) is 1. The van der Waals surface area contributed by atoms with Crippen LogP contribution < -0.4 is 4.90 Å². The molecule has 1 N–H and O–H groups in total. The first kappa shape index (κ1) is 16.9. The van der Waals surface area contributed by atoms with E-state index in [4.69, 9.17) is 9.47 Å². The first-order valence-electron chi connectivity index (χ1n) is 6.36. The van der Waals surface area contributed by atoms with E-state index in [-0.39, 0.29) is 5.56 Å². The molecule has 5 nitrogen and oxygen atoms in total. The molecule has 1 rings (SSSR count). The molecule has 0 aliphatic heterocycles. The van der Waals surface area contributed by atoms with Crippen LogP contribution in [0, 0.1) is 0 Å². The summed E-state index contributed by atoms with van der Waals surface area (Å²) >= 11 is 3.30. The van der Waals surface area contributed by atoms with E-state index in [0.29, 0.717) is 36.5 Å². The first-order chi connectivity index (χ1) is 9.61. The summed E-state index contributed by atoms with van der Waals surface area (Å²) in [6.45, 7) is 2.53. The Hall–Kier alpha value is -1.11. The predicted octanol–water partition coefficient (Wildman–Crippen LogP) is 2.64. The molecule has 0 aliphatic carbocycles. The molecule has 1 aromatic rings. The minimum Gasteiger partial charge on any atom is -0.478 e. The molecule has 20 heavy (non-hydrogen) atoms. The minimum absolute atomic E-state index is 0.279. The molecule has 0 heterocycles. The van der Waals surface area contributed by atoms with Crippen LogP contribution in [0.2, 0.25) is 0 Å². The number of anilines is 1. The number of halogens is 1. The lowest BCUT2D eigenvalue weighted by Crippen LogP contribution is -2.30. The largest absolute Gasteiger partial charge is 0.478 e. The van der Waals surface area contributed by atoms with Gasteiger partial charge in [0.05, 0.1) is 17.9 Å². The average Bonchev–Trinajstić information content (AvgIpc) is 2.42. The number of rotatable bonds is 9. The number of ether oxygens (including phenoxy) is 2. The summed E-state index contributed by atoms with van der Waals surface area (Å²) in [7, 11) is 3.29. The van der Waals surface area contributed by atoms with Crippen molar-refractivity contribution in [2.75, 3.05) is 45.4 Å². The second-order valence-corrected chi connectivity index (χ2v) is 5.12. The van der Waals surface area contributed by atoms with Crippen molar-refractivity contribution >= 4 is 27.6 Å². The Bertz CT molecular complexity index is 439. The summed E-state index contributed by atoms with van der Waals surface area (Å²) in [6, 6.07) is 5.38. The van der Waals surface area contributed by atoms with Gasteiger partial charge in [0.15, 0.2) is 0 Å². The number of benzene rings is 1. The highest BCUT2D eigenvalue weighted by Crippen LogP contribution is 2.28. The zero-order valence-electron chi connectivity index (χ0n) is 11.8. The van der Waals surface area contributed by atoms with Gasteiger partial charge < -0.3 is 19.5 Å². The van der Waals surface area contributed by atoms with Gasteiger partial charge >= 0.3 is 5.97 Å². The third kappa shape index (κ3) is 4.77. The summed E-state index contributed by atoms with van der Waals surface area (Å²) < 4.78 is 10.7. The van der Waals surface area contributed by atoms with Crippen LogP contribution in [-0.4, -0.2) is 51.6 Å². The molecular formula is C14H20BrNO4. The van der Waals surface area contributed by atoms with E-state index in [2.05, 4.69) is 15.9 Å². The minimum atomic E-state index is -0.943. The van der Waals surface area contributed by atoms with E-state index in [1.165, 1.54) is 0 Å². The summed E-state index contributed by atoms with van der Waals surface area (Å²) in [6.07, 6.45) is 0.825. The molecule has 0 radical (unpaired) electrons. The number of carboxylic acids is 1. The molecule has 0 aliphatic rings. The Morgan fingerprint density at radius 3 is 2.55 bits per heavy atom. The molecule has 112 valence electrons. The molecule has 0 spiro atoms. The van der Waals surface area contributed by atoms with Gasteiger partial charge in [-0.05, 0) is 34.5 Å². The first-order valence-corrected chi connectivity index (χ1v) is 7.15. The SMILES string of the molecule is COCCCN(CCOC)c1cccc(Br)c1C(=O)O. The molecule has 0 unspecified atom stereocenters. The zero-order chi connectivity index (χ0) is 15.0. The van der Waals surface area contributed by atoms with Crippen LogP contribution in [0.3, 0.4) is 0 Å². The summed E-state index contributed by atoms with van der Waals surface area (Å²) in [5, 5.41) is 9.38. The van der Waals surface area contributed by atoms with Crippen molar-refractivity contribution < 1.29 is 19.4 Å². The van der Waals surface area contributed by atoms with E-state index < -0.39 is 5.97 Å². The van der Waals surface area contributed by atoms with Gasteiger partial charge in [-0.1, -0.05) is 6.07 Å². The standard InChI is InChI=1S/C14H20BrNO4/c1-19-9-4-7-16(8-10-20-2)12-6-3-5-11(15)13(12)14(17)18/h3,5-6H,4,7-10H2,1-2H3,(H,17,18). The maximum Gasteiger partial charge on any atom is 0.338 e. The lowest BCUT2D eigenvalue weighted by atomic mass is 10.1. The van der Waals surface area contributed by atoms with E-state index in [0.717, 1.165) is 6.42 Å². The topological polar surface area (TPSA) is 59.0 Å². The molecular weight excluding hydrogens is 326 g/mol. The van der Waals surface area contributed by atoms with Gasteiger partial charge in [0.25, 0.3) is 0 Å². The molecule has 0 saturated carbocycles. The fraction of sp³-hybridized carbons (Fsp3) is 0.500. The van der Waals surface area contributed by atoms with Crippen molar-refractivity contribution in [2.24, 2.45) is 0 Å². The van der Waals surface area contributed by atoms with Crippen LogP contribution in [0.1, 0.15) is 16.8 Å². The predicted molar refractivity (Wildman–Crippen MR) is 81.7 cm³/mol. The average molecular weight is 346 g/mol. The molecule has 0 fully saturated rings. The number of methoxy groups -OCH3 is 2. The van der Waals surface area contributed by atoms with Crippen LogP contribution in [0.4, 0.5) is 5.69 Å². The normalized spacial score (nSPS) is 10.6. The fourth-order valence-electron chi connectivity index (χ4n) is 1.94. The lowest BCUT2D eigenvalue weighted by Gasteiger charge is -2.26. The number of carboxylic acid groups (broad SMARTS) is 1. The van der Waals surface area contributed by atoms with Gasteiger partial charge in [0, 0.05) is 38.4 Å². The molecule has 6 heteroatoms. The molecule has 0 saturated heterocycles. The van der Waals surface area contributed by atoms with Crippen molar-refractivity contribution in [2.45, 2.75) is 6.42 Å². The van der Waals surface area contributed by atoms with E-state index in [1.54, 1.807) is 20.3 Å². The van der Waals surface area contributed by atoms with E-state index >= 15 is 0 Å². The van der Waals surface area contributed by atoms with Crippen molar-refractivity contribution in [3.63, 3.8) is 0 Å². The second-order valence-electron chi connectivity index (χ2n) is 4.27. The van der Waals surface area contributed by atoms with Crippen LogP contribution in [0.5, 0.6) is 0 Å². The van der Waals surface area contributed by atoms with Crippen molar-refractivity contribution in [3.05, 3.63) is 28.2 Å². The molecule has 0 amide bonds. The highest BCUT2D eigenvalue weighted by Gasteiger charge is 2.18. The summed E-state index contributed by atoms with van der Waals surface area (Å²) in [4.78, 5) is 13.4. The van der Waals surface area contributed by atoms with E-state index in [1.807, 2.05) is 17.0 Å². The van der Waals surface area contributed by atoms with Gasteiger partial charge in [0.1, 0.15) is 0 Å². The van der Waals surface area contributed by atoms with Gasteiger partial charge in [-0.2, -0.15) is 0 Å². The second kappa shape index (κ2) is 8.94. The van der Waals surface area contributed by atoms with Crippen LogP contribution in [0.15, 0.2) is 22.7 Å². The highest BCUT2D eigenvalue weighted by atomic mass is 79.9. The molecule has 0 atom stereocenters. The number of hydrogen-bond acceptors (Lipinski definition) is 4. The molecule has 0 bridgehead atoms. The Morgan fingerprint density at radius 1 is 1.25 bits per heavy atom. The van der Waals surface area contributed by atoms with Crippen LogP contribution in [0.25, 0.3) is 0 Å². The molecule has 1 aromatic carbocycles. The van der Waals surface area contributed by atoms with Crippen molar-refractivity contribution in [1.29, 1.82) is 0 Å².